The monoisotopic (exact) mass is 377 g/mol. The van der Waals surface area contributed by atoms with E-state index in [0.29, 0.717) is 17.6 Å². The van der Waals surface area contributed by atoms with Gasteiger partial charge in [0, 0.05) is 11.8 Å². The van der Waals surface area contributed by atoms with Crippen LogP contribution in [0.3, 0.4) is 0 Å². The average Bonchev–Trinajstić information content (AvgIpc) is 3.00. The maximum Gasteiger partial charge on any atom is 0.169 e. The normalized spacial score (nSPS) is 35.2. The number of aromatic nitrogens is 4. The largest absolute Gasteiger partial charge is 0.383 e. The van der Waals surface area contributed by atoms with Gasteiger partial charge in [0.15, 0.2) is 23.5 Å². The van der Waals surface area contributed by atoms with Crippen LogP contribution in [0.1, 0.15) is 39.8 Å². The van der Waals surface area contributed by atoms with Gasteiger partial charge in [0.1, 0.15) is 35.3 Å². The summed E-state index contributed by atoms with van der Waals surface area (Å²) >= 11 is 0. The number of ether oxygens (including phenoxy) is 1. The summed E-state index contributed by atoms with van der Waals surface area (Å²) in [6, 6.07) is 0. The molecule has 2 fully saturated rings. The third-order valence-electron chi connectivity index (χ3n) is 6.22. The molecule has 27 heavy (non-hydrogen) atoms. The summed E-state index contributed by atoms with van der Waals surface area (Å²) in [6.07, 6.45) is -0.586. The van der Waals surface area contributed by atoms with E-state index >= 15 is 0 Å². The molecule has 5 N–H and O–H groups in total. The van der Waals surface area contributed by atoms with E-state index in [0.717, 1.165) is 0 Å². The first kappa shape index (κ1) is 18.2. The number of fused-ring (bicyclic) bond motifs is 2. The van der Waals surface area contributed by atoms with Crippen LogP contribution in [-0.2, 0) is 9.53 Å². The maximum atomic E-state index is 12.2. The fourth-order valence-corrected chi connectivity index (χ4v) is 4.48. The highest BCUT2D eigenvalue weighted by Gasteiger charge is 2.93. The van der Waals surface area contributed by atoms with Crippen molar-refractivity contribution >= 4 is 22.8 Å². The van der Waals surface area contributed by atoms with Gasteiger partial charge in [-0.15, -0.1) is 0 Å². The molecule has 3 heterocycles. The molecule has 2 aliphatic rings. The van der Waals surface area contributed by atoms with Crippen LogP contribution in [0.25, 0.3) is 11.2 Å². The van der Waals surface area contributed by atoms with Crippen LogP contribution in [0.4, 0.5) is 5.82 Å². The molecule has 5 atom stereocenters. The minimum Gasteiger partial charge on any atom is -0.383 e. The molecule has 0 amide bonds. The number of nitrogens with zero attached hydrogens (tertiary/aromatic N) is 4. The summed E-state index contributed by atoms with van der Waals surface area (Å²) in [5.41, 5.74) is 1.88. The average molecular weight is 377 g/mol. The molecule has 2 aromatic heterocycles. The molecule has 1 aliphatic carbocycles. The zero-order valence-electron chi connectivity index (χ0n) is 15.3. The molecule has 10 heteroatoms. The molecule has 0 radical (unpaired) electrons. The topological polar surface area (TPSA) is 157 Å². The van der Waals surface area contributed by atoms with Crippen molar-refractivity contribution in [2.24, 2.45) is 5.41 Å². The number of anilines is 1. The van der Waals surface area contributed by atoms with Crippen LogP contribution >= 0.6 is 0 Å². The van der Waals surface area contributed by atoms with Crippen LogP contribution in [0.15, 0.2) is 12.7 Å². The summed E-state index contributed by atoms with van der Waals surface area (Å²) in [7, 11) is 0. The van der Waals surface area contributed by atoms with Gasteiger partial charge < -0.3 is 25.8 Å². The predicted molar refractivity (Wildman–Crippen MR) is 93.2 cm³/mol. The Labute approximate surface area is 155 Å². The SMILES string of the molecule is CCCC(=O)C(O)[C@H]1O[C@@H](n2cnc3c(N)ncnc32)[C@@]2(O)C(C)(C)[C@@]12O. The highest BCUT2D eigenvalue weighted by Crippen LogP contribution is 2.76. The molecule has 1 saturated heterocycles. The Kier molecular flexibility index (Phi) is 3.68. The Morgan fingerprint density at radius 2 is 2.04 bits per heavy atom. The Bertz CT molecular complexity index is 930. The lowest BCUT2D eigenvalue weighted by Crippen LogP contribution is -2.46. The van der Waals surface area contributed by atoms with E-state index in [4.69, 9.17) is 10.5 Å². The summed E-state index contributed by atoms with van der Waals surface area (Å²) in [5, 5.41) is 33.1. The van der Waals surface area contributed by atoms with Crippen molar-refractivity contribution < 1.29 is 24.9 Å². The minimum absolute atomic E-state index is 0.151. The second-order valence-electron chi connectivity index (χ2n) is 7.81. The first-order valence-corrected chi connectivity index (χ1v) is 8.87. The third kappa shape index (κ3) is 1.93. The highest BCUT2D eigenvalue weighted by atomic mass is 16.6. The lowest BCUT2D eigenvalue weighted by molar-refractivity contribution is -0.160. The number of ketones is 1. The molecule has 2 aromatic rings. The van der Waals surface area contributed by atoms with Crippen molar-refractivity contribution in [3.8, 4) is 0 Å². The minimum atomic E-state index is -1.80. The van der Waals surface area contributed by atoms with Crippen LogP contribution in [0.2, 0.25) is 0 Å². The Morgan fingerprint density at radius 3 is 2.70 bits per heavy atom. The standard InChI is InChI=1S/C17H23N5O5/c1-4-5-8(23)10(24)11-16(25)15(2,3)17(16,26)14(27-11)22-7-21-9-12(18)19-6-20-13(9)22/h6-7,10-11,14,24-26H,4-5H2,1-3H3,(H2,18,19,20)/t10?,11-,14-,16+,17-/m1/s1. The molecule has 0 bridgehead atoms. The van der Waals surface area contributed by atoms with Gasteiger partial charge in [-0.05, 0) is 6.42 Å². The van der Waals surface area contributed by atoms with E-state index in [2.05, 4.69) is 15.0 Å². The van der Waals surface area contributed by atoms with Crippen LogP contribution in [0.5, 0.6) is 0 Å². The molecule has 10 nitrogen and oxygen atoms in total. The number of carbonyl (C=O) groups is 1. The maximum absolute atomic E-state index is 12.2. The molecule has 1 saturated carbocycles. The van der Waals surface area contributed by atoms with E-state index in [9.17, 15) is 20.1 Å². The second-order valence-corrected chi connectivity index (χ2v) is 7.81. The molecule has 4 rings (SSSR count). The van der Waals surface area contributed by atoms with Gasteiger partial charge in [0.2, 0.25) is 0 Å². The van der Waals surface area contributed by atoms with E-state index in [1.165, 1.54) is 17.2 Å². The first-order chi connectivity index (χ1) is 12.6. The van der Waals surface area contributed by atoms with Crippen LogP contribution in [-0.4, -0.2) is 64.0 Å². The molecule has 146 valence electrons. The fraction of sp³-hybridized carbons (Fsp3) is 0.647. The number of aliphatic hydroxyl groups is 3. The lowest BCUT2D eigenvalue weighted by atomic mass is 9.94. The summed E-state index contributed by atoms with van der Waals surface area (Å²) in [6.45, 7) is 5.14. The van der Waals surface area contributed by atoms with Gasteiger partial charge in [0.05, 0.1) is 6.33 Å². The number of hydrogen-bond acceptors (Lipinski definition) is 9. The summed E-state index contributed by atoms with van der Waals surface area (Å²) in [4.78, 5) is 24.4. The molecular weight excluding hydrogens is 354 g/mol. The van der Waals surface area contributed by atoms with Gasteiger partial charge in [0.25, 0.3) is 0 Å². The quantitative estimate of drug-likeness (QED) is 0.541. The van der Waals surface area contributed by atoms with Crippen molar-refractivity contribution in [2.75, 3.05) is 5.73 Å². The zero-order chi connectivity index (χ0) is 19.8. The number of Topliss-reactive ketones (excluding diaryl/α,β-unsaturated/α-hetero) is 1. The fourth-order valence-electron chi connectivity index (χ4n) is 4.48. The van der Waals surface area contributed by atoms with Crippen molar-refractivity contribution in [1.82, 2.24) is 19.5 Å². The number of nitrogen functional groups attached to an aromatic ring is 1. The van der Waals surface area contributed by atoms with Crippen molar-refractivity contribution in [1.29, 1.82) is 0 Å². The van der Waals surface area contributed by atoms with Gasteiger partial charge in [-0.1, -0.05) is 20.8 Å². The van der Waals surface area contributed by atoms with Gasteiger partial charge in [-0.3, -0.25) is 9.36 Å². The Balaban J connectivity index is 1.79. The second kappa shape index (κ2) is 5.44. The Morgan fingerprint density at radius 1 is 1.33 bits per heavy atom. The van der Waals surface area contributed by atoms with Crippen LogP contribution < -0.4 is 5.73 Å². The number of nitrogens with two attached hydrogens (primary N) is 1. The smallest absolute Gasteiger partial charge is 0.169 e. The van der Waals surface area contributed by atoms with E-state index < -0.39 is 40.8 Å². The van der Waals surface area contributed by atoms with Gasteiger partial charge >= 0.3 is 0 Å². The first-order valence-electron chi connectivity index (χ1n) is 8.87. The molecule has 1 unspecified atom stereocenters. The molecule has 1 aliphatic heterocycles. The lowest BCUT2D eigenvalue weighted by Gasteiger charge is -2.29. The van der Waals surface area contributed by atoms with E-state index in [1.54, 1.807) is 13.8 Å². The summed E-state index contributed by atoms with van der Waals surface area (Å²) in [5.74, 6) is -0.271. The molecular formula is C17H23N5O5. The number of imidazole rings is 1. The van der Waals surface area contributed by atoms with E-state index in [-0.39, 0.29) is 12.2 Å². The predicted octanol–water partition coefficient (Wildman–Crippen LogP) is -0.462. The highest BCUT2D eigenvalue weighted by molar-refractivity contribution is 5.84. The van der Waals surface area contributed by atoms with Crippen LogP contribution in [0, 0.1) is 5.41 Å². The van der Waals surface area contributed by atoms with E-state index in [1.807, 2.05) is 6.92 Å². The third-order valence-corrected chi connectivity index (χ3v) is 6.22. The van der Waals surface area contributed by atoms with Crippen molar-refractivity contribution in [3.05, 3.63) is 12.7 Å². The van der Waals surface area contributed by atoms with Crippen molar-refractivity contribution in [2.45, 2.75) is 63.3 Å². The number of carbonyl (C=O) groups excluding carboxylic acids is 1. The molecule has 0 aromatic carbocycles. The molecule has 0 spiro atoms. The number of hydrogen-bond donors (Lipinski definition) is 4. The van der Waals surface area contributed by atoms with Crippen molar-refractivity contribution in [3.63, 3.8) is 0 Å². The zero-order valence-corrected chi connectivity index (χ0v) is 15.3. The summed E-state index contributed by atoms with van der Waals surface area (Å²) < 4.78 is 7.29. The van der Waals surface area contributed by atoms with Gasteiger partial charge in [-0.2, -0.15) is 0 Å². The Hall–Kier alpha value is -2.14. The number of aliphatic hydroxyl groups excluding tert-OH is 1. The number of rotatable bonds is 5. The van der Waals surface area contributed by atoms with Gasteiger partial charge in [-0.25, -0.2) is 15.0 Å².